The van der Waals surface area contributed by atoms with Gasteiger partial charge in [0.15, 0.2) is 0 Å². The fraction of sp³-hybridized carbons (Fsp3) is 0.200. The molecule has 2 heterocycles. The molecule has 0 amide bonds. The summed E-state index contributed by atoms with van der Waals surface area (Å²) in [6.45, 7) is 0. The number of nitrogens with two attached hydrogens (primary N) is 1. The minimum atomic E-state index is -0.673. The fourth-order valence-electron chi connectivity index (χ4n) is 1.43. The van der Waals surface area contributed by atoms with E-state index in [0.29, 0.717) is 10.7 Å². The topological polar surface area (TPSA) is 60.9 Å². The van der Waals surface area contributed by atoms with Crippen LogP contribution in [0, 0.1) is 0 Å². The van der Waals surface area contributed by atoms with Gasteiger partial charge in [-0.3, -0.25) is 9.48 Å². The molecule has 6 heteroatoms. The maximum atomic E-state index is 12.1. The number of hydrogen-bond acceptors (Lipinski definition) is 4. The lowest BCUT2D eigenvalue weighted by atomic mass is 10.1. The average Bonchev–Trinajstić information content (AvgIpc) is 2.87. The molecule has 1 atom stereocenters. The Kier molecular flexibility index (Phi) is 3.09. The first-order chi connectivity index (χ1) is 7.61. The number of Topliss-reactive ketones (excluding diaryl/α,β-unsaturated/α-hetero) is 1. The Hall–Kier alpha value is -1.17. The van der Waals surface area contributed by atoms with Gasteiger partial charge in [0.05, 0.1) is 11.2 Å². The molecule has 2 rings (SSSR count). The second kappa shape index (κ2) is 4.37. The first-order valence-electron chi connectivity index (χ1n) is 4.62. The highest BCUT2D eigenvalue weighted by molar-refractivity contribution is 7.10. The van der Waals surface area contributed by atoms with E-state index >= 15 is 0 Å². The maximum absolute atomic E-state index is 12.1. The van der Waals surface area contributed by atoms with Gasteiger partial charge in [0.2, 0.25) is 5.78 Å². The molecule has 0 aliphatic heterocycles. The summed E-state index contributed by atoms with van der Waals surface area (Å²) < 4.78 is 1.44. The average molecular weight is 256 g/mol. The third-order valence-electron chi connectivity index (χ3n) is 2.26. The van der Waals surface area contributed by atoms with Crippen LogP contribution in [0.5, 0.6) is 0 Å². The minimum absolute atomic E-state index is 0.215. The summed E-state index contributed by atoms with van der Waals surface area (Å²) in [4.78, 5) is 12.9. The van der Waals surface area contributed by atoms with Gasteiger partial charge in [0, 0.05) is 11.9 Å². The largest absolute Gasteiger partial charge is 0.317 e. The minimum Gasteiger partial charge on any atom is -0.317 e. The van der Waals surface area contributed by atoms with E-state index in [0.717, 1.165) is 4.88 Å². The first kappa shape index (κ1) is 11.3. The molecule has 16 heavy (non-hydrogen) atoms. The molecule has 0 fully saturated rings. The van der Waals surface area contributed by atoms with Crippen LogP contribution in [0.3, 0.4) is 0 Å². The van der Waals surface area contributed by atoms with Crippen molar-refractivity contribution >= 4 is 28.7 Å². The molecule has 0 aromatic carbocycles. The van der Waals surface area contributed by atoms with Gasteiger partial charge >= 0.3 is 0 Å². The van der Waals surface area contributed by atoms with E-state index in [9.17, 15) is 4.79 Å². The summed E-state index contributed by atoms with van der Waals surface area (Å²) in [5.41, 5.74) is 6.22. The number of nitrogens with zero attached hydrogens (tertiary/aromatic N) is 2. The van der Waals surface area contributed by atoms with Crippen LogP contribution in [-0.4, -0.2) is 15.6 Å². The smallest absolute Gasteiger partial charge is 0.204 e. The van der Waals surface area contributed by atoms with Gasteiger partial charge in [0.1, 0.15) is 11.7 Å². The number of thiophene rings is 1. The fourth-order valence-corrected chi connectivity index (χ4v) is 2.42. The normalized spacial score (nSPS) is 12.7. The molecule has 0 radical (unpaired) electrons. The standard InChI is InChI=1S/C10H10ClN3OS/c1-14-9(6(11)5-13-14)10(15)8(12)7-3-2-4-16-7/h2-5,8H,12H2,1H3. The molecule has 2 aromatic rings. The number of carbonyl (C=O) groups excluding carboxylic acids is 1. The van der Waals surface area contributed by atoms with Crippen LogP contribution in [0.25, 0.3) is 0 Å². The third kappa shape index (κ3) is 1.89. The van der Waals surface area contributed by atoms with Gasteiger partial charge in [-0.15, -0.1) is 11.3 Å². The van der Waals surface area contributed by atoms with Crippen LogP contribution < -0.4 is 5.73 Å². The van der Waals surface area contributed by atoms with Gasteiger partial charge in [-0.05, 0) is 11.4 Å². The molecule has 0 saturated heterocycles. The Labute approximate surface area is 102 Å². The number of rotatable bonds is 3. The van der Waals surface area contributed by atoms with Crippen molar-refractivity contribution < 1.29 is 4.79 Å². The second-order valence-electron chi connectivity index (χ2n) is 3.32. The van der Waals surface area contributed by atoms with Crippen molar-refractivity contribution in [1.29, 1.82) is 0 Å². The Morgan fingerprint density at radius 3 is 2.94 bits per heavy atom. The van der Waals surface area contributed by atoms with E-state index in [-0.39, 0.29) is 5.78 Å². The van der Waals surface area contributed by atoms with Crippen LogP contribution >= 0.6 is 22.9 Å². The number of hydrogen-bond donors (Lipinski definition) is 1. The molecular weight excluding hydrogens is 246 g/mol. The predicted molar refractivity (Wildman–Crippen MR) is 63.8 cm³/mol. The maximum Gasteiger partial charge on any atom is 0.204 e. The van der Waals surface area contributed by atoms with E-state index < -0.39 is 6.04 Å². The molecule has 0 aliphatic rings. The van der Waals surface area contributed by atoms with Crippen LogP contribution in [0.15, 0.2) is 23.7 Å². The van der Waals surface area contributed by atoms with Gasteiger partial charge in [-0.25, -0.2) is 0 Å². The van der Waals surface area contributed by atoms with E-state index in [1.165, 1.54) is 22.2 Å². The van der Waals surface area contributed by atoms with Gasteiger partial charge < -0.3 is 5.73 Å². The Bertz CT molecular complexity index is 487. The molecule has 2 N–H and O–H groups in total. The molecule has 0 saturated carbocycles. The number of aromatic nitrogens is 2. The van der Waals surface area contributed by atoms with E-state index in [4.69, 9.17) is 17.3 Å². The van der Waals surface area contributed by atoms with Crippen molar-refractivity contribution in [3.63, 3.8) is 0 Å². The van der Waals surface area contributed by atoms with E-state index in [2.05, 4.69) is 5.10 Å². The van der Waals surface area contributed by atoms with Crippen molar-refractivity contribution in [2.24, 2.45) is 12.8 Å². The van der Waals surface area contributed by atoms with Gasteiger partial charge in [-0.2, -0.15) is 5.10 Å². The van der Waals surface area contributed by atoms with Crippen molar-refractivity contribution in [2.45, 2.75) is 6.04 Å². The second-order valence-corrected chi connectivity index (χ2v) is 4.71. The highest BCUT2D eigenvalue weighted by atomic mass is 35.5. The summed E-state index contributed by atoms with van der Waals surface area (Å²) in [6, 6.07) is 3.02. The van der Waals surface area contributed by atoms with Gasteiger partial charge in [-0.1, -0.05) is 17.7 Å². The highest BCUT2D eigenvalue weighted by Crippen LogP contribution is 2.24. The Morgan fingerprint density at radius 1 is 1.69 bits per heavy atom. The van der Waals surface area contributed by atoms with E-state index in [1.54, 1.807) is 7.05 Å². The zero-order valence-electron chi connectivity index (χ0n) is 8.55. The number of halogens is 1. The molecular formula is C10H10ClN3OS. The number of aryl methyl sites for hydroxylation is 1. The Morgan fingerprint density at radius 2 is 2.44 bits per heavy atom. The summed E-state index contributed by atoms with van der Waals surface area (Å²) >= 11 is 7.34. The molecule has 84 valence electrons. The molecule has 4 nitrogen and oxygen atoms in total. The zero-order chi connectivity index (χ0) is 11.7. The summed E-state index contributed by atoms with van der Waals surface area (Å²) in [5, 5.41) is 6.13. The lowest BCUT2D eigenvalue weighted by Crippen LogP contribution is -2.23. The van der Waals surface area contributed by atoms with Crippen molar-refractivity contribution in [2.75, 3.05) is 0 Å². The molecule has 0 bridgehead atoms. The van der Waals surface area contributed by atoms with Crippen molar-refractivity contribution in [3.05, 3.63) is 39.3 Å². The van der Waals surface area contributed by atoms with Crippen molar-refractivity contribution in [3.8, 4) is 0 Å². The zero-order valence-corrected chi connectivity index (χ0v) is 10.1. The number of carbonyl (C=O) groups is 1. The first-order valence-corrected chi connectivity index (χ1v) is 5.87. The third-order valence-corrected chi connectivity index (χ3v) is 3.49. The SMILES string of the molecule is Cn1ncc(Cl)c1C(=O)C(N)c1cccs1. The quantitative estimate of drug-likeness (QED) is 0.854. The highest BCUT2D eigenvalue weighted by Gasteiger charge is 2.23. The molecule has 0 spiro atoms. The molecule has 1 unspecified atom stereocenters. The lowest BCUT2D eigenvalue weighted by Gasteiger charge is -2.08. The summed E-state index contributed by atoms with van der Waals surface area (Å²) in [5.74, 6) is -0.215. The number of ketones is 1. The molecule has 2 aromatic heterocycles. The van der Waals surface area contributed by atoms with E-state index in [1.807, 2.05) is 17.5 Å². The van der Waals surface area contributed by atoms with Crippen molar-refractivity contribution in [1.82, 2.24) is 9.78 Å². The predicted octanol–water partition coefficient (Wildman–Crippen LogP) is 2.02. The monoisotopic (exact) mass is 255 g/mol. The Balaban J connectivity index is 2.33. The van der Waals surface area contributed by atoms with Crippen LogP contribution in [0.2, 0.25) is 5.02 Å². The summed E-state index contributed by atoms with van der Waals surface area (Å²) in [6.07, 6.45) is 1.44. The van der Waals surface area contributed by atoms with Crippen LogP contribution in [-0.2, 0) is 7.05 Å². The lowest BCUT2D eigenvalue weighted by molar-refractivity contribution is 0.0953. The van der Waals surface area contributed by atoms with Crippen LogP contribution in [0.1, 0.15) is 21.4 Å². The van der Waals surface area contributed by atoms with Crippen LogP contribution in [0.4, 0.5) is 0 Å². The summed E-state index contributed by atoms with van der Waals surface area (Å²) in [7, 11) is 1.67. The van der Waals surface area contributed by atoms with Gasteiger partial charge in [0.25, 0.3) is 0 Å². The molecule has 0 aliphatic carbocycles.